The zero-order chi connectivity index (χ0) is 21.4. The Bertz CT molecular complexity index is 1700. The summed E-state index contributed by atoms with van der Waals surface area (Å²) in [6.45, 7) is 4.73. The molecule has 1 aliphatic carbocycles. The van der Waals surface area contributed by atoms with Crippen molar-refractivity contribution in [1.29, 1.82) is 0 Å². The molecule has 152 valence electrons. The molecule has 32 heavy (non-hydrogen) atoms. The molecule has 1 heterocycles. The first kappa shape index (κ1) is 18.2. The summed E-state index contributed by atoms with van der Waals surface area (Å²) < 4.78 is 2.71. The van der Waals surface area contributed by atoms with Crippen molar-refractivity contribution < 1.29 is 0 Å². The van der Waals surface area contributed by atoms with Crippen LogP contribution in [-0.2, 0) is 5.41 Å². The summed E-state index contributed by atoms with van der Waals surface area (Å²) >= 11 is 1.88. The zero-order valence-electron chi connectivity index (χ0n) is 18.1. The van der Waals surface area contributed by atoms with Gasteiger partial charge in [0.2, 0.25) is 0 Å². The molecule has 6 aromatic rings. The maximum atomic E-state index is 2.47. The lowest BCUT2D eigenvalue weighted by atomic mass is 9.80. The predicted octanol–water partition coefficient (Wildman–Crippen LogP) is 9.18. The molecule has 0 spiro atoms. The lowest BCUT2D eigenvalue weighted by Crippen LogP contribution is -2.15. The number of thiophene rings is 1. The molecule has 0 nitrogen and oxygen atoms in total. The van der Waals surface area contributed by atoms with Crippen LogP contribution in [0, 0.1) is 0 Å². The molecule has 1 heteroatoms. The maximum absolute atomic E-state index is 2.47. The summed E-state index contributed by atoms with van der Waals surface area (Å²) in [6, 6.07) is 36.1. The van der Waals surface area contributed by atoms with Crippen LogP contribution in [0.25, 0.3) is 53.2 Å². The van der Waals surface area contributed by atoms with Crippen LogP contribution in [0.2, 0.25) is 0 Å². The standard InChI is InChI=1S/C31H22S/c1-31(2)26-13-7-5-12-23(26)30-22-11-4-3-9-20(22)24(18-27(30)31)19-15-16-29-25(17-19)21-10-6-8-14-28(21)32-29/h3-18H,1-2H3. The largest absolute Gasteiger partial charge is 0.135 e. The highest BCUT2D eigenvalue weighted by Gasteiger charge is 2.36. The van der Waals surface area contributed by atoms with E-state index in [1.165, 1.54) is 64.3 Å². The highest BCUT2D eigenvalue weighted by molar-refractivity contribution is 7.25. The second kappa shape index (κ2) is 6.31. The fourth-order valence-corrected chi connectivity index (χ4v) is 6.77. The third-order valence-corrected chi connectivity index (χ3v) is 8.43. The van der Waals surface area contributed by atoms with Crippen molar-refractivity contribution in [2.45, 2.75) is 19.3 Å². The second-order valence-electron chi connectivity index (χ2n) is 9.37. The third-order valence-electron chi connectivity index (χ3n) is 7.28. The molecule has 0 aliphatic heterocycles. The van der Waals surface area contributed by atoms with Crippen LogP contribution >= 0.6 is 11.3 Å². The van der Waals surface area contributed by atoms with E-state index in [0.29, 0.717) is 0 Å². The predicted molar refractivity (Wildman–Crippen MR) is 140 cm³/mol. The highest BCUT2D eigenvalue weighted by Crippen LogP contribution is 2.53. The number of rotatable bonds is 1. The normalized spacial score (nSPS) is 14.2. The van der Waals surface area contributed by atoms with E-state index in [0.717, 1.165) is 0 Å². The number of hydrogen-bond acceptors (Lipinski definition) is 1. The van der Waals surface area contributed by atoms with E-state index in [4.69, 9.17) is 0 Å². The lowest BCUT2D eigenvalue weighted by molar-refractivity contribution is 0.661. The molecule has 5 aromatic carbocycles. The molecule has 7 rings (SSSR count). The third kappa shape index (κ3) is 2.32. The monoisotopic (exact) mass is 426 g/mol. The highest BCUT2D eigenvalue weighted by atomic mass is 32.1. The van der Waals surface area contributed by atoms with Gasteiger partial charge in [-0.1, -0.05) is 86.6 Å². The number of fused-ring (bicyclic) bond motifs is 8. The molecule has 0 fully saturated rings. The van der Waals surface area contributed by atoms with Crippen LogP contribution in [0.5, 0.6) is 0 Å². The summed E-state index contributed by atoms with van der Waals surface area (Å²) in [7, 11) is 0. The van der Waals surface area contributed by atoms with Crippen LogP contribution in [0.15, 0.2) is 97.1 Å². The fourth-order valence-electron chi connectivity index (χ4n) is 5.68. The van der Waals surface area contributed by atoms with E-state index < -0.39 is 0 Å². The Morgan fingerprint density at radius 3 is 2.09 bits per heavy atom. The van der Waals surface area contributed by atoms with Gasteiger partial charge in [0.05, 0.1) is 0 Å². The Balaban J connectivity index is 1.58. The van der Waals surface area contributed by atoms with Crippen molar-refractivity contribution in [2.24, 2.45) is 0 Å². The Hall–Kier alpha value is -3.42. The van der Waals surface area contributed by atoms with Crippen LogP contribution < -0.4 is 0 Å². The van der Waals surface area contributed by atoms with E-state index in [9.17, 15) is 0 Å². The van der Waals surface area contributed by atoms with Gasteiger partial charge in [0.25, 0.3) is 0 Å². The van der Waals surface area contributed by atoms with Gasteiger partial charge < -0.3 is 0 Å². The SMILES string of the molecule is CC1(C)c2ccccc2-c2c1cc(-c1ccc3sc4ccccc4c3c1)c1ccccc21. The van der Waals surface area contributed by atoms with Gasteiger partial charge >= 0.3 is 0 Å². The molecule has 0 bridgehead atoms. The van der Waals surface area contributed by atoms with Gasteiger partial charge in [-0.2, -0.15) is 0 Å². The summed E-state index contributed by atoms with van der Waals surface area (Å²) in [5, 5.41) is 5.40. The van der Waals surface area contributed by atoms with Gasteiger partial charge in [0.15, 0.2) is 0 Å². The Morgan fingerprint density at radius 2 is 1.22 bits per heavy atom. The van der Waals surface area contributed by atoms with E-state index in [-0.39, 0.29) is 5.41 Å². The van der Waals surface area contributed by atoms with E-state index in [2.05, 4.69) is 111 Å². The van der Waals surface area contributed by atoms with Gasteiger partial charge in [-0.3, -0.25) is 0 Å². The van der Waals surface area contributed by atoms with Gasteiger partial charge in [-0.05, 0) is 68.4 Å². The maximum Gasteiger partial charge on any atom is 0.0355 e. The summed E-state index contributed by atoms with van der Waals surface area (Å²) in [4.78, 5) is 0. The van der Waals surface area contributed by atoms with Gasteiger partial charge in [-0.15, -0.1) is 11.3 Å². The molecule has 0 saturated heterocycles. The molecular formula is C31H22S. The van der Waals surface area contributed by atoms with Crippen LogP contribution in [0.3, 0.4) is 0 Å². The van der Waals surface area contributed by atoms with E-state index in [1.54, 1.807) is 0 Å². The van der Waals surface area contributed by atoms with Gasteiger partial charge in [-0.25, -0.2) is 0 Å². The van der Waals surface area contributed by atoms with Crippen molar-refractivity contribution in [1.82, 2.24) is 0 Å². The lowest BCUT2D eigenvalue weighted by Gasteiger charge is -2.23. The summed E-state index contributed by atoms with van der Waals surface area (Å²) in [6.07, 6.45) is 0. The molecule has 0 radical (unpaired) electrons. The van der Waals surface area contributed by atoms with Crippen molar-refractivity contribution in [3.8, 4) is 22.3 Å². The molecule has 0 atom stereocenters. The second-order valence-corrected chi connectivity index (χ2v) is 10.5. The Labute approximate surface area is 191 Å². The van der Waals surface area contributed by atoms with Gasteiger partial charge in [0.1, 0.15) is 0 Å². The minimum absolute atomic E-state index is 0.0100. The first-order valence-corrected chi connectivity index (χ1v) is 12.0. The molecule has 0 N–H and O–H groups in total. The van der Waals surface area contributed by atoms with Gasteiger partial charge in [0, 0.05) is 25.6 Å². The van der Waals surface area contributed by atoms with Crippen molar-refractivity contribution in [3.63, 3.8) is 0 Å². The van der Waals surface area contributed by atoms with Crippen LogP contribution in [0.1, 0.15) is 25.0 Å². The van der Waals surface area contributed by atoms with E-state index in [1.807, 2.05) is 11.3 Å². The molecule has 0 saturated carbocycles. The Morgan fingerprint density at radius 1 is 0.531 bits per heavy atom. The van der Waals surface area contributed by atoms with Crippen LogP contribution in [-0.4, -0.2) is 0 Å². The minimum atomic E-state index is -0.0100. The summed E-state index contributed by atoms with van der Waals surface area (Å²) in [5.74, 6) is 0. The van der Waals surface area contributed by atoms with Crippen molar-refractivity contribution in [2.75, 3.05) is 0 Å². The average Bonchev–Trinajstić information content (AvgIpc) is 3.31. The molecular weight excluding hydrogens is 404 g/mol. The fraction of sp³-hybridized carbons (Fsp3) is 0.0968. The molecule has 0 amide bonds. The smallest absolute Gasteiger partial charge is 0.0355 e. The van der Waals surface area contributed by atoms with Crippen molar-refractivity contribution in [3.05, 3.63) is 108 Å². The number of hydrogen-bond donors (Lipinski definition) is 0. The zero-order valence-corrected chi connectivity index (χ0v) is 19.0. The van der Waals surface area contributed by atoms with Crippen LogP contribution in [0.4, 0.5) is 0 Å². The minimum Gasteiger partial charge on any atom is -0.135 e. The first-order valence-electron chi connectivity index (χ1n) is 11.2. The quantitative estimate of drug-likeness (QED) is 0.246. The molecule has 1 aliphatic rings. The Kier molecular flexibility index (Phi) is 3.58. The first-order chi connectivity index (χ1) is 15.6. The number of benzene rings is 5. The van der Waals surface area contributed by atoms with E-state index >= 15 is 0 Å². The average molecular weight is 427 g/mol. The molecule has 0 unspecified atom stereocenters. The summed E-state index contributed by atoms with van der Waals surface area (Å²) in [5.41, 5.74) is 8.27. The topological polar surface area (TPSA) is 0 Å². The molecule has 1 aromatic heterocycles. The van der Waals surface area contributed by atoms with Crippen molar-refractivity contribution >= 4 is 42.3 Å².